The Kier molecular flexibility index (Phi) is 0.992. The molecule has 9 heavy (non-hydrogen) atoms. The maximum absolute atomic E-state index is 4.01. The lowest BCUT2D eigenvalue weighted by Crippen LogP contribution is -2.10. The average Bonchev–Trinajstić information content (AvgIpc) is 2.33. The minimum absolute atomic E-state index is 0.859. The van der Waals surface area contributed by atoms with Crippen molar-refractivity contribution in [2.24, 2.45) is 0 Å². The number of pyridine rings is 1. The minimum Gasteiger partial charge on any atom is -0.264 e. The lowest BCUT2D eigenvalue weighted by molar-refractivity contribution is 1.33. The van der Waals surface area contributed by atoms with E-state index in [2.05, 4.69) is 22.8 Å². The van der Waals surface area contributed by atoms with Gasteiger partial charge in [-0.1, -0.05) is 11.8 Å². The predicted octanol–water partition coefficient (Wildman–Crippen LogP) is 0.395. The van der Waals surface area contributed by atoms with E-state index >= 15 is 0 Å². The van der Waals surface area contributed by atoms with E-state index in [9.17, 15) is 0 Å². The van der Waals surface area contributed by atoms with Crippen molar-refractivity contribution < 1.29 is 0 Å². The van der Waals surface area contributed by atoms with E-state index in [0.717, 1.165) is 9.52 Å². The van der Waals surface area contributed by atoms with E-state index < -0.39 is 0 Å². The Labute approximate surface area is 56.3 Å². The van der Waals surface area contributed by atoms with Gasteiger partial charge < -0.3 is 0 Å². The van der Waals surface area contributed by atoms with Gasteiger partial charge in [0.15, 0.2) is 0 Å². The van der Waals surface area contributed by atoms with E-state index in [1.165, 1.54) is 10.8 Å². The first kappa shape index (κ1) is 4.94. The Balaban J connectivity index is 2.63. The smallest absolute Gasteiger partial charge is 0.112 e. The molecule has 1 aliphatic rings. The van der Waals surface area contributed by atoms with Gasteiger partial charge in [-0.05, 0) is 16.8 Å². The topological polar surface area (TPSA) is 12.9 Å². The van der Waals surface area contributed by atoms with Gasteiger partial charge in [0.1, 0.15) is 9.52 Å². The lowest BCUT2D eigenvalue weighted by atomic mass is 10.3. The lowest BCUT2D eigenvalue weighted by Gasteiger charge is -1.91. The van der Waals surface area contributed by atoms with Gasteiger partial charge in [0.05, 0.1) is 0 Å². The molecule has 0 bridgehead atoms. The minimum atomic E-state index is 0.859. The van der Waals surface area contributed by atoms with Gasteiger partial charge in [0.2, 0.25) is 0 Å². The highest BCUT2D eigenvalue weighted by Crippen LogP contribution is 2.00. The highest BCUT2D eigenvalue weighted by molar-refractivity contribution is 6.62. The Morgan fingerprint density at radius 1 is 1.44 bits per heavy atom. The molecule has 0 spiro atoms. The number of hydrogen-bond acceptors (Lipinski definition) is 1. The number of hydrogen-bond donors (Lipinski definition) is 0. The number of fused-ring (bicyclic) bond motifs is 1. The van der Waals surface area contributed by atoms with Crippen LogP contribution in [0.3, 0.4) is 0 Å². The molecule has 0 saturated carbocycles. The zero-order valence-electron chi connectivity index (χ0n) is 4.83. The Bertz CT molecular complexity index is 255. The molecule has 42 valence electrons. The second kappa shape index (κ2) is 1.81. The van der Waals surface area contributed by atoms with E-state index in [-0.39, 0.29) is 0 Å². The zero-order chi connectivity index (χ0) is 6.10. The summed E-state index contributed by atoms with van der Waals surface area (Å²) < 4.78 is 0. The normalized spacial score (nSPS) is 13.8. The van der Waals surface area contributed by atoms with Crippen LogP contribution in [0, 0.1) is 0 Å². The summed E-state index contributed by atoms with van der Waals surface area (Å²) in [6, 6.07) is 2.08. The molecule has 1 aromatic rings. The summed E-state index contributed by atoms with van der Waals surface area (Å²) in [4.78, 5) is 4.01. The van der Waals surface area contributed by atoms with Crippen LogP contribution in [0.25, 0.3) is 6.08 Å². The van der Waals surface area contributed by atoms with Crippen LogP contribution in [0.2, 0.25) is 0 Å². The van der Waals surface area contributed by atoms with E-state index in [1.807, 2.05) is 12.4 Å². The molecule has 0 unspecified atom stereocenters. The van der Waals surface area contributed by atoms with Crippen molar-refractivity contribution in [1.82, 2.24) is 4.98 Å². The van der Waals surface area contributed by atoms with Crippen LogP contribution in [-0.4, -0.2) is 14.5 Å². The van der Waals surface area contributed by atoms with Crippen molar-refractivity contribution in [1.29, 1.82) is 0 Å². The summed E-state index contributed by atoms with van der Waals surface area (Å²) in [5.41, 5.74) is 3.47. The molecule has 2 heterocycles. The fourth-order valence-corrected chi connectivity index (χ4v) is 1.82. The predicted molar refractivity (Wildman–Crippen MR) is 38.7 cm³/mol. The SMILES string of the molecule is C1=Cc2cnccc2[Si]1. The maximum atomic E-state index is 4.01. The van der Waals surface area contributed by atoms with Crippen LogP contribution in [0.15, 0.2) is 24.2 Å². The summed E-state index contributed by atoms with van der Waals surface area (Å²) in [7, 11) is 0.859. The Hall–Kier alpha value is -0.893. The first-order valence-electron chi connectivity index (χ1n) is 2.84. The quantitative estimate of drug-likeness (QED) is 0.464. The van der Waals surface area contributed by atoms with Gasteiger partial charge in [0, 0.05) is 12.4 Å². The summed E-state index contributed by atoms with van der Waals surface area (Å²) in [5.74, 6) is 0. The highest BCUT2D eigenvalue weighted by atomic mass is 28.2. The summed E-state index contributed by atoms with van der Waals surface area (Å²) in [6.45, 7) is 0. The van der Waals surface area contributed by atoms with Crippen LogP contribution in [0.1, 0.15) is 5.56 Å². The molecule has 0 fully saturated rings. The van der Waals surface area contributed by atoms with Crippen LogP contribution in [0.4, 0.5) is 0 Å². The van der Waals surface area contributed by atoms with Crippen molar-refractivity contribution in [2.45, 2.75) is 0 Å². The zero-order valence-corrected chi connectivity index (χ0v) is 5.83. The average molecular weight is 131 g/mol. The monoisotopic (exact) mass is 131 g/mol. The number of aromatic nitrogens is 1. The fourth-order valence-electron chi connectivity index (χ4n) is 0.892. The van der Waals surface area contributed by atoms with Crippen LogP contribution >= 0.6 is 0 Å². The molecule has 0 aliphatic carbocycles. The van der Waals surface area contributed by atoms with Crippen molar-refractivity contribution in [3.05, 3.63) is 29.7 Å². The summed E-state index contributed by atoms with van der Waals surface area (Å²) in [6.07, 6.45) is 5.88. The molecular weight excluding hydrogens is 126 g/mol. The van der Waals surface area contributed by atoms with Crippen molar-refractivity contribution in [3.8, 4) is 0 Å². The molecule has 2 heteroatoms. The van der Waals surface area contributed by atoms with Crippen molar-refractivity contribution >= 4 is 20.8 Å². The van der Waals surface area contributed by atoms with E-state index in [0.29, 0.717) is 0 Å². The number of rotatable bonds is 0. The first-order chi connectivity index (χ1) is 4.47. The standard InChI is InChI=1S/C7H5NSi/c1-3-8-5-6-2-4-9-7(1)6/h1-5H. The molecule has 2 rings (SSSR count). The number of nitrogens with zero attached hydrogens (tertiary/aromatic N) is 1. The fraction of sp³-hybridized carbons (Fsp3) is 0. The largest absolute Gasteiger partial charge is 0.264 e. The van der Waals surface area contributed by atoms with Crippen LogP contribution in [-0.2, 0) is 0 Å². The van der Waals surface area contributed by atoms with Gasteiger partial charge >= 0.3 is 0 Å². The van der Waals surface area contributed by atoms with Gasteiger partial charge in [-0.3, -0.25) is 4.98 Å². The van der Waals surface area contributed by atoms with Gasteiger partial charge in [-0.15, -0.1) is 0 Å². The Morgan fingerprint density at radius 2 is 2.44 bits per heavy atom. The van der Waals surface area contributed by atoms with E-state index in [4.69, 9.17) is 0 Å². The van der Waals surface area contributed by atoms with E-state index in [1.54, 1.807) is 0 Å². The molecular formula is C7H5NSi. The Morgan fingerprint density at radius 3 is 3.33 bits per heavy atom. The molecule has 1 aliphatic heterocycles. The molecule has 1 nitrogen and oxygen atoms in total. The van der Waals surface area contributed by atoms with Gasteiger partial charge in [0.25, 0.3) is 0 Å². The molecule has 1 aromatic heterocycles. The second-order valence-corrected chi connectivity index (χ2v) is 3.10. The molecule has 0 N–H and O–H groups in total. The molecule has 2 radical (unpaired) electrons. The van der Waals surface area contributed by atoms with Crippen molar-refractivity contribution in [3.63, 3.8) is 0 Å². The molecule has 0 amide bonds. The molecule has 0 atom stereocenters. The molecule has 0 saturated heterocycles. The first-order valence-corrected chi connectivity index (χ1v) is 3.92. The van der Waals surface area contributed by atoms with Crippen LogP contribution in [0.5, 0.6) is 0 Å². The van der Waals surface area contributed by atoms with Crippen LogP contribution < -0.4 is 5.19 Å². The van der Waals surface area contributed by atoms with Crippen molar-refractivity contribution in [2.75, 3.05) is 0 Å². The third kappa shape index (κ3) is 0.714. The van der Waals surface area contributed by atoms with Gasteiger partial charge in [-0.2, -0.15) is 0 Å². The third-order valence-corrected chi connectivity index (χ3v) is 2.45. The molecule has 0 aromatic carbocycles. The maximum Gasteiger partial charge on any atom is 0.112 e. The third-order valence-electron chi connectivity index (χ3n) is 1.35. The second-order valence-electron chi connectivity index (χ2n) is 1.94. The summed E-state index contributed by atoms with van der Waals surface area (Å²) in [5, 5.41) is 1.42. The summed E-state index contributed by atoms with van der Waals surface area (Å²) >= 11 is 0. The van der Waals surface area contributed by atoms with Gasteiger partial charge in [-0.25, -0.2) is 0 Å². The highest BCUT2D eigenvalue weighted by Gasteiger charge is 2.02.